The SMILES string of the molecule is CC(C)(CNC(=O)OC(C)(C)C)NCC1CCC1. The molecule has 0 bridgehead atoms. The molecule has 4 heteroatoms. The van der Waals surface area contributed by atoms with Crippen LogP contribution in [-0.4, -0.2) is 30.3 Å². The van der Waals surface area contributed by atoms with Crippen LogP contribution in [0.4, 0.5) is 4.79 Å². The molecule has 0 unspecified atom stereocenters. The van der Waals surface area contributed by atoms with E-state index in [9.17, 15) is 4.79 Å². The molecule has 0 aliphatic heterocycles. The van der Waals surface area contributed by atoms with Crippen LogP contribution in [0.2, 0.25) is 0 Å². The minimum Gasteiger partial charge on any atom is -0.444 e. The molecular formula is C14H28N2O2. The summed E-state index contributed by atoms with van der Waals surface area (Å²) in [4.78, 5) is 11.5. The molecule has 4 nitrogen and oxygen atoms in total. The summed E-state index contributed by atoms with van der Waals surface area (Å²) in [6.07, 6.45) is 3.69. The Kier molecular flexibility index (Phi) is 5.02. The summed E-state index contributed by atoms with van der Waals surface area (Å²) in [6.45, 7) is 11.4. The van der Waals surface area contributed by atoms with Crippen LogP contribution in [0, 0.1) is 5.92 Å². The van der Waals surface area contributed by atoms with Gasteiger partial charge < -0.3 is 15.4 Å². The average Bonchev–Trinajstić information content (AvgIpc) is 2.09. The largest absolute Gasteiger partial charge is 0.444 e. The van der Waals surface area contributed by atoms with Crippen molar-refractivity contribution in [2.75, 3.05) is 13.1 Å². The first-order chi connectivity index (χ1) is 8.18. The highest BCUT2D eigenvalue weighted by Crippen LogP contribution is 2.25. The summed E-state index contributed by atoms with van der Waals surface area (Å²) in [6, 6.07) is 0. The van der Waals surface area contributed by atoms with Gasteiger partial charge in [-0.1, -0.05) is 6.42 Å². The molecule has 0 aromatic rings. The third-order valence-electron chi connectivity index (χ3n) is 3.17. The Bertz CT molecular complexity index is 278. The zero-order valence-electron chi connectivity index (χ0n) is 12.4. The molecule has 0 radical (unpaired) electrons. The smallest absolute Gasteiger partial charge is 0.407 e. The van der Waals surface area contributed by atoms with Crippen molar-refractivity contribution in [3.8, 4) is 0 Å². The number of rotatable bonds is 5. The fourth-order valence-corrected chi connectivity index (χ4v) is 1.79. The molecular weight excluding hydrogens is 228 g/mol. The Morgan fingerprint density at radius 2 is 1.83 bits per heavy atom. The number of ether oxygens (including phenoxy) is 1. The van der Waals surface area contributed by atoms with Crippen LogP contribution in [0.1, 0.15) is 53.9 Å². The Morgan fingerprint density at radius 1 is 1.22 bits per heavy atom. The van der Waals surface area contributed by atoms with E-state index in [2.05, 4.69) is 24.5 Å². The predicted molar refractivity (Wildman–Crippen MR) is 73.7 cm³/mol. The van der Waals surface area contributed by atoms with Crippen LogP contribution in [0.5, 0.6) is 0 Å². The summed E-state index contributed by atoms with van der Waals surface area (Å²) >= 11 is 0. The van der Waals surface area contributed by atoms with Gasteiger partial charge in [-0.25, -0.2) is 4.79 Å². The zero-order chi connectivity index (χ0) is 13.8. The molecule has 0 aromatic carbocycles. The van der Waals surface area contributed by atoms with Crippen LogP contribution in [-0.2, 0) is 4.74 Å². The summed E-state index contributed by atoms with van der Waals surface area (Å²) in [7, 11) is 0. The van der Waals surface area contributed by atoms with E-state index in [1.807, 2.05) is 20.8 Å². The van der Waals surface area contributed by atoms with Crippen LogP contribution in [0.3, 0.4) is 0 Å². The second kappa shape index (κ2) is 5.91. The van der Waals surface area contributed by atoms with E-state index in [0.29, 0.717) is 6.54 Å². The van der Waals surface area contributed by atoms with Crippen molar-refractivity contribution in [1.82, 2.24) is 10.6 Å². The number of alkyl carbamates (subject to hydrolysis) is 1. The molecule has 1 amide bonds. The monoisotopic (exact) mass is 256 g/mol. The summed E-state index contributed by atoms with van der Waals surface area (Å²) < 4.78 is 5.21. The van der Waals surface area contributed by atoms with Crippen molar-refractivity contribution >= 4 is 6.09 Å². The molecule has 1 saturated carbocycles. The normalized spacial score (nSPS) is 17.2. The van der Waals surface area contributed by atoms with Crippen molar-refractivity contribution < 1.29 is 9.53 Å². The van der Waals surface area contributed by atoms with E-state index in [0.717, 1.165) is 12.5 Å². The van der Waals surface area contributed by atoms with Crippen molar-refractivity contribution in [3.63, 3.8) is 0 Å². The van der Waals surface area contributed by atoms with Gasteiger partial charge in [0.15, 0.2) is 0 Å². The first kappa shape index (κ1) is 15.3. The fourth-order valence-electron chi connectivity index (χ4n) is 1.79. The number of amides is 1. The van der Waals surface area contributed by atoms with Crippen molar-refractivity contribution in [1.29, 1.82) is 0 Å². The Balaban J connectivity index is 2.20. The van der Waals surface area contributed by atoms with E-state index in [-0.39, 0.29) is 11.6 Å². The lowest BCUT2D eigenvalue weighted by atomic mass is 9.85. The van der Waals surface area contributed by atoms with Crippen molar-refractivity contribution in [3.05, 3.63) is 0 Å². The maximum absolute atomic E-state index is 11.5. The standard InChI is InChI=1S/C14H28N2O2/c1-13(2,3)18-12(17)15-10-14(4,5)16-9-11-7-6-8-11/h11,16H,6-10H2,1-5H3,(H,15,17). The van der Waals surface area contributed by atoms with Gasteiger partial charge in [0.05, 0.1) is 0 Å². The van der Waals surface area contributed by atoms with Gasteiger partial charge >= 0.3 is 6.09 Å². The van der Waals surface area contributed by atoms with Crippen molar-refractivity contribution in [2.45, 2.75) is 65.0 Å². The van der Waals surface area contributed by atoms with Crippen LogP contribution in [0.15, 0.2) is 0 Å². The average molecular weight is 256 g/mol. The first-order valence-corrected chi connectivity index (χ1v) is 6.90. The van der Waals surface area contributed by atoms with Gasteiger partial charge in [-0.05, 0) is 59.9 Å². The molecule has 2 N–H and O–H groups in total. The number of carbonyl (C=O) groups excluding carboxylic acids is 1. The van der Waals surface area contributed by atoms with Gasteiger partial charge in [-0.2, -0.15) is 0 Å². The highest BCUT2D eigenvalue weighted by atomic mass is 16.6. The molecule has 1 aliphatic carbocycles. The molecule has 1 fully saturated rings. The minimum absolute atomic E-state index is 0.0908. The molecule has 0 spiro atoms. The second-order valence-electron chi connectivity index (χ2n) is 6.92. The number of hydrogen-bond donors (Lipinski definition) is 2. The molecule has 18 heavy (non-hydrogen) atoms. The predicted octanol–water partition coefficient (Wildman–Crippen LogP) is 2.68. The topological polar surface area (TPSA) is 50.4 Å². The van der Waals surface area contributed by atoms with Crippen LogP contribution in [0.25, 0.3) is 0 Å². The lowest BCUT2D eigenvalue weighted by Crippen LogP contribution is -2.51. The first-order valence-electron chi connectivity index (χ1n) is 6.90. The quantitative estimate of drug-likeness (QED) is 0.795. The lowest BCUT2D eigenvalue weighted by Gasteiger charge is -2.32. The highest BCUT2D eigenvalue weighted by molar-refractivity contribution is 5.67. The Morgan fingerprint density at radius 3 is 2.28 bits per heavy atom. The summed E-state index contributed by atoms with van der Waals surface area (Å²) in [5, 5.41) is 6.32. The minimum atomic E-state index is -0.437. The molecule has 0 atom stereocenters. The van der Waals surface area contributed by atoms with E-state index >= 15 is 0 Å². The Labute approximate surface area is 111 Å². The molecule has 0 saturated heterocycles. The van der Waals surface area contributed by atoms with Gasteiger partial charge in [0.2, 0.25) is 0 Å². The number of nitrogens with one attached hydrogen (secondary N) is 2. The number of carbonyl (C=O) groups is 1. The molecule has 106 valence electrons. The van der Waals surface area contributed by atoms with E-state index in [4.69, 9.17) is 4.74 Å². The third kappa shape index (κ3) is 6.24. The molecule has 0 aromatic heterocycles. The van der Waals surface area contributed by atoms with Gasteiger partial charge in [0, 0.05) is 12.1 Å². The van der Waals surface area contributed by atoms with Crippen molar-refractivity contribution in [2.24, 2.45) is 5.92 Å². The molecule has 1 rings (SSSR count). The second-order valence-corrected chi connectivity index (χ2v) is 6.92. The third-order valence-corrected chi connectivity index (χ3v) is 3.17. The summed E-state index contributed by atoms with van der Waals surface area (Å²) in [5.74, 6) is 0.825. The maximum atomic E-state index is 11.5. The number of hydrogen-bond acceptors (Lipinski definition) is 3. The van der Waals surface area contributed by atoms with Crippen LogP contribution >= 0.6 is 0 Å². The maximum Gasteiger partial charge on any atom is 0.407 e. The summed E-state index contributed by atoms with van der Waals surface area (Å²) in [5.41, 5.74) is -0.528. The van der Waals surface area contributed by atoms with E-state index in [1.54, 1.807) is 0 Å². The van der Waals surface area contributed by atoms with Gasteiger partial charge in [-0.15, -0.1) is 0 Å². The molecule has 1 aliphatic rings. The Hall–Kier alpha value is -0.770. The van der Waals surface area contributed by atoms with Gasteiger partial charge in [-0.3, -0.25) is 0 Å². The zero-order valence-corrected chi connectivity index (χ0v) is 12.4. The van der Waals surface area contributed by atoms with Gasteiger partial charge in [0.25, 0.3) is 0 Å². The molecule has 0 heterocycles. The van der Waals surface area contributed by atoms with E-state index < -0.39 is 5.60 Å². The highest BCUT2D eigenvalue weighted by Gasteiger charge is 2.24. The lowest BCUT2D eigenvalue weighted by molar-refractivity contribution is 0.0512. The van der Waals surface area contributed by atoms with Gasteiger partial charge in [0.1, 0.15) is 5.60 Å². The van der Waals surface area contributed by atoms with Crippen LogP contribution < -0.4 is 10.6 Å². The fraction of sp³-hybridized carbons (Fsp3) is 0.929. The van der Waals surface area contributed by atoms with E-state index in [1.165, 1.54) is 19.3 Å².